The van der Waals surface area contributed by atoms with Gasteiger partial charge in [-0.2, -0.15) is 16.4 Å². The van der Waals surface area contributed by atoms with Gasteiger partial charge in [0.15, 0.2) is 0 Å². The molecule has 0 spiro atoms. The first-order valence-electron chi connectivity index (χ1n) is 8.01. The number of urea groups is 1. The normalized spacial score (nSPS) is 17.2. The zero-order valence-corrected chi connectivity index (χ0v) is 13.9. The predicted molar refractivity (Wildman–Crippen MR) is 96.0 cm³/mol. The molecule has 2 N–H and O–H groups in total. The van der Waals surface area contributed by atoms with Crippen LogP contribution < -0.4 is 5.32 Å². The fraction of sp³-hybridized carbons (Fsp3) is 0.222. The highest BCUT2D eigenvalue weighted by Crippen LogP contribution is 2.33. The molecule has 1 atom stereocenters. The zero-order chi connectivity index (χ0) is 16.4. The van der Waals surface area contributed by atoms with E-state index < -0.39 is 0 Å². The van der Waals surface area contributed by atoms with Crippen molar-refractivity contribution in [2.24, 2.45) is 0 Å². The molecule has 6 heteroatoms. The Bertz CT molecular complexity index is 796. The Morgan fingerprint density at radius 2 is 2.12 bits per heavy atom. The first kappa shape index (κ1) is 15.0. The van der Waals surface area contributed by atoms with E-state index in [0.29, 0.717) is 0 Å². The van der Waals surface area contributed by atoms with Crippen molar-refractivity contribution in [2.75, 3.05) is 11.9 Å². The van der Waals surface area contributed by atoms with Crippen LogP contribution in [0.3, 0.4) is 0 Å². The molecule has 0 saturated carbocycles. The van der Waals surface area contributed by atoms with Gasteiger partial charge in [-0.3, -0.25) is 5.10 Å². The summed E-state index contributed by atoms with van der Waals surface area (Å²) in [6, 6.07) is 12.0. The number of thiophene rings is 1. The van der Waals surface area contributed by atoms with Crippen LogP contribution in [0, 0.1) is 0 Å². The summed E-state index contributed by atoms with van der Waals surface area (Å²) in [6.07, 6.45) is 3.80. The molecule has 0 aliphatic carbocycles. The molecule has 122 valence electrons. The van der Waals surface area contributed by atoms with E-state index in [-0.39, 0.29) is 12.1 Å². The molecule has 2 aromatic heterocycles. The van der Waals surface area contributed by atoms with Crippen LogP contribution in [0.5, 0.6) is 0 Å². The van der Waals surface area contributed by atoms with E-state index in [4.69, 9.17) is 0 Å². The lowest BCUT2D eigenvalue weighted by atomic mass is 10.1. The molecular weight excluding hydrogens is 320 g/mol. The lowest BCUT2D eigenvalue weighted by molar-refractivity contribution is 0.207. The van der Waals surface area contributed by atoms with E-state index in [1.807, 2.05) is 35.2 Å². The quantitative estimate of drug-likeness (QED) is 0.738. The molecule has 1 aromatic carbocycles. The van der Waals surface area contributed by atoms with Crippen molar-refractivity contribution in [2.45, 2.75) is 18.9 Å². The molecule has 3 heterocycles. The predicted octanol–water partition coefficient (Wildman–Crippen LogP) is 4.51. The summed E-state index contributed by atoms with van der Waals surface area (Å²) in [5.41, 5.74) is 4.05. The second-order valence-corrected chi connectivity index (χ2v) is 6.67. The van der Waals surface area contributed by atoms with Gasteiger partial charge in [0, 0.05) is 18.4 Å². The maximum atomic E-state index is 12.6. The monoisotopic (exact) mass is 338 g/mol. The highest BCUT2D eigenvalue weighted by atomic mass is 32.1. The minimum atomic E-state index is -0.0296. The second-order valence-electron chi connectivity index (χ2n) is 5.89. The Morgan fingerprint density at radius 3 is 2.83 bits per heavy atom. The van der Waals surface area contributed by atoms with E-state index in [2.05, 4.69) is 32.3 Å². The number of hydrogen-bond acceptors (Lipinski definition) is 3. The highest BCUT2D eigenvalue weighted by Gasteiger charge is 2.30. The van der Waals surface area contributed by atoms with Crippen molar-refractivity contribution >= 4 is 23.1 Å². The Morgan fingerprint density at radius 1 is 1.25 bits per heavy atom. The number of benzene rings is 1. The number of nitrogens with zero attached hydrogens (tertiary/aromatic N) is 2. The van der Waals surface area contributed by atoms with E-state index in [0.717, 1.165) is 36.3 Å². The number of rotatable bonds is 3. The van der Waals surface area contributed by atoms with Crippen LogP contribution in [-0.4, -0.2) is 27.7 Å². The summed E-state index contributed by atoms with van der Waals surface area (Å²) in [4.78, 5) is 14.6. The number of anilines is 1. The van der Waals surface area contributed by atoms with E-state index >= 15 is 0 Å². The Labute approximate surface area is 144 Å². The Kier molecular flexibility index (Phi) is 4.04. The number of aromatic nitrogens is 2. The smallest absolute Gasteiger partial charge is 0.317 e. The van der Waals surface area contributed by atoms with Crippen LogP contribution in [0.4, 0.5) is 10.5 Å². The van der Waals surface area contributed by atoms with Gasteiger partial charge in [0.25, 0.3) is 0 Å². The molecule has 5 nitrogen and oxygen atoms in total. The minimum Gasteiger partial charge on any atom is -0.317 e. The molecule has 24 heavy (non-hydrogen) atoms. The fourth-order valence-corrected chi connectivity index (χ4v) is 3.87. The van der Waals surface area contributed by atoms with Crippen molar-refractivity contribution in [1.82, 2.24) is 15.1 Å². The third kappa shape index (κ3) is 2.92. The number of hydrogen-bond donors (Lipinski definition) is 2. The number of amides is 2. The minimum absolute atomic E-state index is 0.0296. The van der Waals surface area contributed by atoms with Crippen LogP contribution in [0.1, 0.15) is 24.4 Å². The molecule has 1 aliphatic heterocycles. The maximum Gasteiger partial charge on any atom is 0.322 e. The average molecular weight is 338 g/mol. The third-order valence-electron chi connectivity index (χ3n) is 4.39. The van der Waals surface area contributed by atoms with Gasteiger partial charge >= 0.3 is 6.03 Å². The lowest BCUT2D eigenvalue weighted by Crippen LogP contribution is -2.34. The van der Waals surface area contributed by atoms with E-state index in [1.54, 1.807) is 17.5 Å². The SMILES string of the molecule is O=C(Nc1ccc(-c2ccn[nH]2)cc1)N1CCC[C@@H]1c1ccsc1. The third-order valence-corrected chi connectivity index (χ3v) is 5.09. The number of nitrogens with one attached hydrogen (secondary N) is 2. The van der Waals surface area contributed by atoms with Gasteiger partial charge in [0.1, 0.15) is 0 Å². The molecule has 2 amide bonds. The standard InChI is InChI=1S/C18H18N4OS/c23-18(22-10-1-2-17(22)14-8-11-24-12-14)20-15-5-3-13(4-6-15)16-7-9-19-21-16/h3-9,11-12,17H,1-2,10H2,(H,19,21)(H,20,23)/t17-/m1/s1. The summed E-state index contributed by atoms with van der Waals surface area (Å²) in [5.74, 6) is 0. The summed E-state index contributed by atoms with van der Waals surface area (Å²) >= 11 is 1.68. The van der Waals surface area contributed by atoms with Gasteiger partial charge in [-0.15, -0.1) is 0 Å². The molecule has 4 rings (SSSR count). The average Bonchev–Trinajstić information content (AvgIpc) is 3.35. The molecule has 1 aliphatic rings. The zero-order valence-electron chi connectivity index (χ0n) is 13.1. The van der Waals surface area contributed by atoms with Crippen molar-refractivity contribution < 1.29 is 4.79 Å². The summed E-state index contributed by atoms with van der Waals surface area (Å²) in [5, 5.41) is 14.1. The number of carbonyl (C=O) groups excluding carboxylic acids is 1. The Balaban J connectivity index is 1.46. The van der Waals surface area contributed by atoms with Gasteiger partial charge in [0.2, 0.25) is 0 Å². The van der Waals surface area contributed by atoms with Gasteiger partial charge in [-0.05, 0) is 59.0 Å². The van der Waals surface area contributed by atoms with Crippen molar-refractivity contribution in [3.8, 4) is 11.3 Å². The number of aromatic amines is 1. The van der Waals surface area contributed by atoms with Gasteiger partial charge in [0.05, 0.1) is 11.7 Å². The summed E-state index contributed by atoms with van der Waals surface area (Å²) in [6.45, 7) is 0.804. The first-order valence-corrected chi connectivity index (χ1v) is 8.95. The van der Waals surface area contributed by atoms with Gasteiger partial charge in [-0.25, -0.2) is 4.79 Å². The first-order chi connectivity index (χ1) is 11.8. The molecule has 1 fully saturated rings. The molecule has 0 radical (unpaired) electrons. The van der Waals surface area contributed by atoms with Crippen LogP contribution in [0.25, 0.3) is 11.3 Å². The van der Waals surface area contributed by atoms with Crippen LogP contribution in [0.15, 0.2) is 53.4 Å². The van der Waals surface area contributed by atoms with Crippen LogP contribution >= 0.6 is 11.3 Å². The number of carbonyl (C=O) groups is 1. The van der Waals surface area contributed by atoms with E-state index in [1.165, 1.54) is 5.56 Å². The number of likely N-dealkylation sites (tertiary alicyclic amines) is 1. The molecule has 0 unspecified atom stereocenters. The van der Waals surface area contributed by atoms with E-state index in [9.17, 15) is 4.79 Å². The van der Waals surface area contributed by atoms with Crippen molar-refractivity contribution in [1.29, 1.82) is 0 Å². The fourth-order valence-electron chi connectivity index (χ4n) is 3.17. The van der Waals surface area contributed by atoms with Gasteiger partial charge in [-0.1, -0.05) is 12.1 Å². The molecule has 0 bridgehead atoms. The lowest BCUT2D eigenvalue weighted by Gasteiger charge is -2.24. The molecule has 3 aromatic rings. The number of H-pyrrole nitrogens is 1. The highest BCUT2D eigenvalue weighted by molar-refractivity contribution is 7.08. The van der Waals surface area contributed by atoms with Crippen molar-refractivity contribution in [3.05, 3.63) is 58.9 Å². The van der Waals surface area contributed by atoms with Crippen LogP contribution in [-0.2, 0) is 0 Å². The van der Waals surface area contributed by atoms with Crippen molar-refractivity contribution in [3.63, 3.8) is 0 Å². The molecular formula is C18H18N4OS. The largest absolute Gasteiger partial charge is 0.322 e. The topological polar surface area (TPSA) is 61.0 Å². The summed E-state index contributed by atoms with van der Waals surface area (Å²) in [7, 11) is 0. The maximum absolute atomic E-state index is 12.6. The Hall–Kier alpha value is -2.60. The van der Waals surface area contributed by atoms with Gasteiger partial charge < -0.3 is 10.2 Å². The summed E-state index contributed by atoms with van der Waals surface area (Å²) < 4.78 is 0. The van der Waals surface area contributed by atoms with Crippen LogP contribution in [0.2, 0.25) is 0 Å². The second kappa shape index (κ2) is 6.49. The molecule has 1 saturated heterocycles.